The van der Waals surface area contributed by atoms with Crippen molar-refractivity contribution in [1.82, 2.24) is 4.90 Å². The van der Waals surface area contributed by atoms with Gasteiger partial charge in [-0.2, -0.15) is 0 Å². The summed E-state index contributed by atoms with van der Waals surface area (Å²) < 4.78 is 5.50. The predicted octanol–water partition coefficient (Wildman–Crippen LogP) is 3.70. The van der Waals surface area contributed by atoms with Gasteiger partial charge in [0.05, 0.1) is 18.5 Å². The van der Waals surface area contributed by atoms with Gasteiger partial charge in [-0.25, -0.2) is 0 Å². The van der Waals surface area contributed by atoms with E-state index >= 15 is 0 Å². The van der Waals surface area contributed by atoms with Crippen LogP contribution in [0.25, 0.3) is 10.8 Å². The molecule has 1 unspecified atom stereocenters. The summed E-state index contributed by atoms with van der Waals surface area (Å²) in [4.78, 5) is 10.2. The molecule has 33 heavy (non-hydrogen) atoms. The molecule has 0 amide bonds. The van der Waals surface area contributed by atoms with E-state index in [1.807, 2.05) is 18.2 Å². The molecule has 1 fully saturated rings. The Morgan fingerprint density at radius 3 is 2.58 bits per heavy atom. The fourth-order valence-corrected chi connectivity index (χ4v) is 4.96. The minimum absolute atomic E-state index is 0.207. The Morgan fingerprint density at radius 1 is 0.939 bits per heavy atom. The number of nitrogens with zero attached hydrogens (tertiary/aromatic N) is 3. The van der Waals surface area contributed by atoms with Gasteiger partial charge in [0.25, 0.3) is 0 Å². The number of piperazine rings is 1. The van der Waals surface area contributed by atoms with Gasteiger partial charge in [-0.3, -0.25) is 4.90 Å². The van der Waals surface area contributed by atoms with Crippen LogP contribution in [-0.4, -0.2) is 68.3 Å². The van der Waals surface area contributed by atoms with Crippen LogP contribution in [-0.2, 0) is 11.3 Å². The third-order valence-corrected chi connectivity index (χ3v) is 6.67. The van der Waals surface area contributed by atoms with Crippen LogP contribution in [0.2, 0.25) is 0 Å². The number of fused-ring (bicyclic) bond motifs is 3. The maximum atomic E-state index is 10.5. The second-order valence-electron chi connectivity index (χ2n) is 8.76. The highest BCUT2D eigenvalue weighted by Crippen LogP contribution is 2.30. The average Bonchev–Trinajstić information content (AvgIpc) is 3.28. The molecule has 1 aliphatic carbocycles. The number of para-hydroxylation sites is 2. The van der Waals surface area contributed by atoms with Crippen LogP contribution in [0.15, 0.2) is 65.8 Å². The summed E-state index contributed by atoms with van der Waals surface area (Å²) in [5.74, 6) is 0.903. The highest BCUT2D eigenvalue weighted by Gasteiger charge is 2.23. The molecule has 0 bridgehead atoms. The van der Waals surface area contributed by atoms with E-state index in [-0.39, 0.29) is 6.61 Å². The number of anilines is 1. The lowest BCUT2D eigenvalue weighted by Crippen LogP contribution is -2.49. The highest BCUT2D eigenvalue weighted by atomic mass is 16.6. The molecule has 0 aromatic heterocycles. The molecule has 6 nitrogen and oxygen atoms in total. The number of aliphatic hydroxyl groups is 1. The van der Waals surface area contributed by atoms with Crippen LogP contribution in [0.3, 0.4) is 0 Å². The second kappa shape index (κ2) is 9.81. The number of methoxy groups -OCH3 is 1. The van der Waals surface area contributed by atoms with E-state index in [0.717, 1.165) is 56.2 Å². The molecule has 6 heteroatoms. The van der Waals surface area contributed by atoms with Crippen LogP contribution >= 0.6 is 0 Å². The van der Waals surface area contributed by atoms with E-state index in [4.69, 9.17) is 9.57 Å². The third kappa shape index (κ3) is 4.68. The molecule has 2 aliphatic rings. The minimum atomic E-state index is -0.565. The van der Waals surface area contributed by atoms with Crippen molar-refractivity contribution in [2.45, 2.75) is 18.9 Å². The number of oxime groups is 1. The summed E-state index contributed by atoms with van der Waals surface area (Å²) in [6, 6.07) is 20.9. The highest BCUT2D eigenvalue weighted by molar-refractivity contribution is 6.08. The van der Waals surface area contributed by atoms with Crippen molar-refractivity contribution in [2.24, 2.45) is 5.16 Å². The Hall–Kier alpha value is -3.09. The number of β-amino-alcohol motifs (C(OH)–C–C–N with tert-alkyl or cyclic N) is 1. The van der Waals surface area contributed by atoms with Gasteiger partial charge in [0.2, 0.25) is 0 Å². The lowest BCUT2D eigenvalue weighted by atomic mass is 10.0. The third-order valence-electron chi connectivity index (χ3n) is 6.67. The fraction of sp³-hybridized carbons (Fsp3) is 0.370. The molecule has 1 heterocycles. The summed E-state index contributed by atoms with van der Waals surface area (Å²) in [7, 11) is 1.71. The summed E-state index contributed by atoms with van der Waals surface area (Å²) in [5, 5.41) is 17.5. The van der Waals surface area contributed by atoms with Crippen LogP contribution < -0.4 is 9.64 Å². The average molecular weight is 446 g/mol. The number of aryl methyl sites for hydroxylation is 1. The van der Waals surface area contributed by atoms with Crippen molar-refractivity contribution in [3.05, 3.63) is 71.8 Å². The van der Waals surface area contributed by atoms with E-state index < -0.39 is 6.10 Å². The largest absolute Gasteiger partial charge is 0.495 e. The number of rotatable bonds is 7. The number of aliphatic hydroxyl groups excluding tert-OH is 1. The first-order valence-electron chi connectivity index (χ1n) is 11.7. The Kier molecular flexibility index (Phi) is 6.46. The standard InChI is InChI=1S/C27H31N3O3/c1-32-27-9-5-4-8-26(27)30-16-14-29(15-17-30)18-21(31)19-33-28-25-13-12-23-22-7-3-2-6-20(22)10-11-24(23)25/h2-11,21,31H,12-19H2,1H3/b28-25-. The molecular weight excluding hydrogens is 414 g/mol. The molecule has 1 N–H and O–H groups in total. The number of benzene rings is 3. The SMILES string of the molecule is COc1ccccc1N1CCN(CC(O)CO/N=C2/CCc3c2ccc2ccccc32)CC1. The summed E-state index contributed by atoms with van der Waals surface area (Å²) in [6.07, 6.45) is 1.30. The Morgan fingerprint density at radius 2 is 1.73 bits per heavy atom. The Bertz CT molecular complexity index is 1140. The first-order valence-corrected chi connectivity index (χ1v) is 11.7. The summed E-state index contributed by atoms with van der Waals surface area (Å²) >= 11 is 0. The van der Waals surface area contributed by atoms with E-state index in [2.05, 4.69) is 57.4 Å². The zero-order valence-corrected chi connectivity index (χ0v) is 19.1. The van der Waals surface area contributed by atoms with E-state index in [9.17, 15) is 5.11 Å². The maximum Gasteiger partial charge on any atom is 0.144 e. The number of hydrogen-bond donors (Lipinski definition) is 1. The van der Waals surface area contributed by atoms with Gasteiger partial charge in [-0.05, 0) is 41.3 Å². The topological polar surface area (TPSA) is 57.5 Å². The number of hydrogen-bond acceptors (Lipinski definition) is 6. The first kappa shape index (κ1) is 21.7. The minimum Gasteiger partial charge on any atom is -0.495 e. The molecule has 1 saturated heterocycles. The predicted molar refractivity (Wildman–Crippen MR) is 132 cm³/mol. The van der Waals surface area contributed by atoms with E-state index in [1.165, 1.54) is 21.9 Å². The summed E-state index contributed by atoms with van der Waals surface area (Å²) in [5.41, 5.74) is 4.64. The van der Waals surface area contributed by atoms with Crippen molar-refractivity contribution in [2.75, 3.05) is 51.3 Å². The van der Waals surface area contributed by atoms with Crippen LogP contribution in [0, 0.1) is 0 Å². The zero-order chi connectivity index (χ0) is 22.6. The van der Waals surface area contributed by atoms with Crippen LogP contribution in [0.1, 0.15) is 17.5 Å². The van der Waals surface area contributed by atoms with Gasteiger partial charge >= 0.3 is 0 Å². The lowest BCUT2D eigenvalue weighted by molar-refractivity contribution is 0.0180. The molecular formula is C27H31N3O3. The van der Waals surface area contributed by atoms with Crippen molar-refractivity contribution in [1.29, 1.82) is 0 Å². The quantitative estimate of drug-likeness (QED) is 0.562. The van der Waals surface area contributed by atoms with E-state index in [1.54, 1.807) is 7.11 Å². The van der Waals surface area contributed by atoms with Crippen molar-refractivity contribution >= 4 is 22.2 Å². The van der Waals surface area contributed by atoms with Gasteiger partial charge in [0.1, 0.15) is 18.5 Å². The van der Waals surface area contributed by atoms with Gasteiger partial charge in [0.15, 0.2) is 0 Å². The molecule has 3 aromatic carbocycles. The fourth-order valence-electron chi connectivity index (χ4n) is 4.96. The molecule has 0 spiro atoms. The normalized spacial score (nSPS) is 18.5. The Labute approximate surface area is 195 Å². The van der Waals surface area contributed by atoms with Gasteiger partial charge in [-0.1, -0.05) is 53.7 Å². The van der Waals surface area contributed by atoms with Crippen LogP contribution in [0.4, 0.5) is 5.69 Å². The second-order valence-corrected chi connectivity index (χ2v) is 8.76. The zero-order valence-electron chi connectivity index (χ0n) is 19.1. The van der Waals surface area contributed by atoms with Crippen molar-refractivity contribution in [3.63, 3.8) is 0 Å². The van der Waals surface area contributed by atoms with Gasteiger partial charge in [-0.15, -0.1) is 0 Å². The molecule has 0 saturated carbocycles. The molecule has 172 valence electrons. The molecule has 1 atom stereocenters. The van der Waals surface area contributed by atoms with Crippen molar-refractivity contribution in [3.8, 4) is 5.75 Å². The first-order chi connectivity index (χ1) is 16.2. The lowest BCUT2D eigenvalue weighted by Gasteiger charge is -2.37. The Balaban J connectivity index is 1.12. The maximum absolute atomic E-state index is 10.5. The molecule has 3 aromatic rings. The van der Waals surface area contributed by atoms with Crippen molar-refractivity contribution < 1.29 is 14.7 Å². The smallest absolute Gasteiger partial charge is 0.144 e. The van der Waals surface area contributed by atoms with Gasteiger partial charge < -0.3 is 19.6 Å². The summed E-state index contributed by atoms with van der Waals surface area (Å²) in [6.45, 7) is 4.39. The van der Waals surface area contributed by atoms with E-state index in [0.29, 0.717) is 6.54 Å². The van der Waals surface area contributed by atoms with Gasteiger partial charge in [0, 0.05) is 38.3 Å². The number of ether oxygens (including phenoxy) is 1. The molecule has 5 rings (SSSR count). The molecule has 1 aliphatic heterocycles. The monoisotopic (exact) mass is 445 g/mol. The van der Waals surface area contributed by atoms with Crippen LogP contribution in [0.5, 0.6) is 5.75 Å². The molecule has 0 radical (unpaired) electrons.